The normalized spacial score (nSPS) is 25.4. The lowest BCUT2D eigenvalue weighted by Gasteiger charge is -2.44. The van der Waals surface area contributed by atoms with Crippen molar-refractivity contribution in [3.8, 4) is 11.5 Å². The Morgan fingerprint density at radius 1 is 1.25 bits per heavy atom. The number of phenols is 2. The quantitative estimate of drug-likeness (QED) is 0.811. The number of fused-ring (bicyclic) bond motifs is 2. The van der Waals surface area contributed by atoms with E-state index in [1.165, 1.54) is 37.9 Å². The summed E-state index contributed by atoms with van der Waals surface area (Å²) in [6.45, 7) is 4.64. The first-order valence-electron chi connectivity index (χ1n) is 7.47. The fraction of sp³-hybridized carbons (Fsp3) is 0.625. The smallest absolute Gasteiger partial charge is 0.160 e. The molecule has 3 rings (SSSR count). The Labute approximate surface area is 131 Å². The third-order valence-electron chi connectivity index (χ3n) is 4.80. The van der Waals surface area contributed by atoms with Crippen molar-refractivity contribution < 1.29 is 10.2 Å². The number of nitrogens with zero attached hydrogens (tertiary/aromatic N) is 1. The fourth-order valence-corrected chi connectivity index (χ4v) is 3.88. The van der Waals surface area contributed by atoms with Crippen molar-refractivity contribution in [2.75, 3.05) is 13.1 Å². The van der Waals surface area contributed by atoms with Crippen LogP contribution >= 0.6 is 17.0 Å². The highest BCUT2D eigenvalue weighted by Gasteiger charge is 2.36. The summed E-state index contributed by atoms with van der Waals surface area (Å²) >= 11 is 0. The van der Waals surface area contributed by atoms with Crippen molar-refractivity contribution in [2.24, 2.45) is 5.92 Å². The average molecular weight is 342 g/mol. The highest BCUT2D eigenvalue weighted by molar-refractivity contribution is 8.93. The van der Waals surface area contributed by atoms with Crippen LogP contribution in [0.3, 0.4) is 0 Å². The van der Waals surface area contributed by atoms with Crippen LogP contribution in [0, 0.1) is 5.92 Å². The number of aromatic hydroxyl groups is 2. The van der Waals surface area contributed by atoms with Crippen molar-refractivity contribution in [3.63, 3.8) is 0 Å². The molecule has 1 aliphatic carbocycles. The van der Waals surface area contributed by atoms with Gasteiger partial charge in [-0.3, -0.25) is 4.90 Å². The molecule has 3 nitrogen and oxygen atoms in total. The predicted molar refractivity (Wildman–Crippen MR) is 85.9 cm³/mol. The van der Waals surface area contributed by atoms with E-state index in [-0.39, 0.29) is 28.5 Å². The first kappa shape index (κ1) is 15.6. The molecule has 1 aromatic rings. The van der Waals surface area contributed by atoms with Crippen molar-refractivity contribution in [2.45, 2.75) is 45.1 Å². The molecule has 1 aliphatic heterocycles. The van der Waals surface area contributed by atoms with Gasteiger partial charge in [-0.2, -0.15) is 0 Å². The summed E-state index contributed by atoms with van der Waals surface area (Å²) in [6.07, 6.45) is 5.65. The van der Waals surface area contributed by atoms with Gasteiger partial charge in [0.15, 0.2) is 11.5 Å². The van der Waals surface area contributed by atoms with E-state index in [0.717, 1.165) is 18.4 Å². The molecule has 1 saturated heterocycles. The number of phenolic OH excluding ortho intramolecular Hbond substituents is 2. The molecule has 1 heterocycles. The minimum atomic E-state index is 0. The molecular formula is C16H24BrNO2. The average Bonchev–Trinajstić information content (AvgIpc) is 2.42. The standard InChI is InChI=1S/C16H23NO2.BrH/c1-2-7-17-8-3-4-12-9-13-11(10-14(12)17)5-6-15(18)16(13)19;/h5-6,12,14,18-19H,2-4,7-10H2,1H3;1H/t12-,14-;/m0./s1. The first-order valence-corrected chi connectivity index (χ1v) is 7.47. The third kappa shape index (κ3) is 2.68. The largest absolute Gasteiger partial charge is 0.504 e. The third-order valence-corrected chi connectivity index (χ3v) is 4.80. The van der Waals surface area contributed by atoms with Gasteiger partial charge in [0.25, 0.3) is 0 Å². The molecule has 112 valence electrons. The molecule has 20 heavy (non-hydrogen) atoms. The van der Waals surface area contributed by atoms with Gasteiger partial charge >= 0.3 is 0 Å². The van der Waals surface area contributed by atoms with E-state index in [2.05, 4.69) is 11.8 Å². The lowest BCUT2D eigenvalue weighted by molar-refractivity contribution is 0.0848. The molecule has 4 heteroatoms. The number of benzene rings is 1. The first-order chi connectivity index (χ1) is 9.20. The van der Waals surface area contributed by atoms with Gasteiger partial charge in [0.2, 0.25) is 0 Å². The fourth-order valence-electron chi connectivity index (χ4n) is 3.88. The van der Waals surface area contributed by atoms with Crippen LogP contribution in [0.15, 0.2) is 12.1 Å². The highest BCUT2D eigenvalue weighted by atomic mass is 79.9. The summed E-state index contributed by atoms with van der Waals surface area (Å²) in [4.78, 5) is 2.63. The van der Waals surface area contributed by atoms with Crippen LogP contribution in [-0.2, 0) is 12.8 Å². The monoisotopic (exact) mass is 341 g/mol. The molecule has 0 unspecified atom stereocenters. The summed E-state index contributed by atoms with van der Waals surface area (Å²) < 4.78 is 0. The van der Waals surface area contributed by atoms with Gasteiger partial charge < -0.3 is 10.2 Å². The second kappa shape index (κ2) is 6.35. The van der Waals surface area contributed by atoms with Crippen LogP contribution in [0.2, 0.25) is 0 Å². The molecule has 0 bridgehead atoms. The molecule has 1 fully saturated rings. The van der Waals surface area contributed by atoms with Gasteiger partial charge in [-0.1, -0.05) is 13.0 Å². The molecule has 2 atom stereocenters. The number of likely N-dealkylation sites (tertiary alicyclic amines) is 1. The van der Waals surface area contributed by atoms with Gasteiger partial charge in [0.05, 0.1) is 0 Å². The summed E-state index contributed by atoms with van der Waals surface area (Å²) in [5, 5.41) is 19.7. The van der Waals surface area contributed by atoms with E-state index in [1.807, 2.05) is 6.07 Å². The second-order valence-corrected chi connectivity index (χ2v) is 5.98. The van der Waals surface area contributed by atoms with E-state index in [4.69, 9.17) is 0 Å². The zero-order chi connectivity index (χ0) is 13.4. The van der Waals surface area contributed by atoms with Gasteiger partial charge in [-0.15, -0.1) is 17.0 Å². The topological polar surface area (TPSA) is 43.7 Å². The highest BCUT2D eigenvalue weighted by Crippen LogP contribution is 2.41. The Morgan fingerprint density at radius 3 is 2.80 bits per heavy atom. The summed E-state index contributed by atoms with van der Waals surface area (Å²) in [6, 6.07) is 4.24. The van der Waals surface area contributed by atoms with Crippen molar-refractivity contribution >= 4 is 17.0 Å². The van der Waals surface area contributed by atoms with Crippen molar-refractivity contribution in [1.29, 1.82) is 0 Å². The molecule has 2 aliphatic rings. The molecule has 1 aromatic carbocycles. The van der Waals surface area contributed by atoms with Crippen LogP contribution in [0.25, 0.3) is 0 Å². The van der Waals surface area contributed by atoms with Gasteiger partial charge in [-0.25, -0.2) is 0 Å². The maximum atomic E-state index is 10.0. The van der Waals surface area contributed by atoms with Gasteiger partial charge in [0, 0.05) is 11.6 Å². The summed E-state index contributed by atoms with van der Waals surface area (Å²) in [7, 11) is 0. The van der Waals surface area contributed by atoms with Crippen LogP contribution < -0.4 is 0 Å². The second-order valence-electron chi connectivity index (χ2n) is 5.98. The Kier molecular flexibility index (Phi) is 4.97. The van der Waals surface area contributed by atoms with E-state index in [9.17, 15) is 10.2 Å². The number of hydrogen-bond donors (Lipinski definition) is 2. The minimum absolute atomic E-state index is 0. The SMILES string of the molecule is Br.CCCN1CCC[C@H]2Cc3c(ccc(O)c3O)C[C@@H]21. The van der Waals surface area contributed by atoms with Crippen LogP contribution in [0.1, 0.15) is 37.3 Å². The van der Waals surface area contributed by atoms with Crippen molar-refractivity contribution in [1.82, 2.24) is 4.90 Å². The lowest BCUT2D eigenvalue weighted by atomic mass is 9.75. The number of rotatable bonds is 2. The van der Waals surface area contributed by atoms with Crippen LogP contribution in [0.4, 0.5) is 0 Å². The zero-order valence-electron chi connectivity index (χ0n) is 12.0. The van der Waals surface area contributed by atoms with Crippen LogP contribution in [0.5, 0.6) is 11.5 Å². The van der Waals surface area contributed by atoms with Crippen molar-refractivity contribution in [3.05, 3.63) is 23.3 Å². The molecule has 0 amide bonds. The molecule has 0 aromatic heterocycles. The number of hydrogen-bond acceptors (Lipinski definition) is 3. The maximum absolute atomic E-state index is 10.0. The molecule has 0 saturated carbocycles. The molecular weight excluding hydrogens is 318 g/mol. The van der Waals surface area contributed by atoms with Gasteiger partial charge in [-0.05, 0) is 62.7 Å². The lowest BCUT2D eigenvalue weighted by Crippen LogP contribution is -2.49. The van der Waals surface area contributed by atoms with E-state index < -0.39 is 0 Å². The van der Waals surface area contributed by atoms with E-state index in [1.54, 1.807) is 6.07 Å². The van der Waals surface area contributed by atoms with Crippen LogP contribution in [-0.4, -0.2) is 34.2 Å². The number of piperidine rings is 1. The zero-order valence-corrected chi connectivity index (χ0v) is 13.7. The Bertz CT molecular complexity index is 476. The Hall–Kier alpha value is -0.740. The molecule has 0 spiro atoms. The predicted octanol–water partition coefficient (Wildman–Crippen LogP) is 3.26. The van der Waals surface area contributed by atoms with E-state index in [0.29, 0.717) is 12.0 Å². The molecule has 0 radical (unpaired) electrons. The van der Waals surface area contributed by atoms with Gasteiger partial charge in [0.1, 0.15) is 0 Å². The summed E-state index contributed by atoms with van der Waals surface area (Å²) in [5.74, 6) is 0.780. The minimum Gasteiger partial charge on any atom is -0.504 e. The maximum Gasteiger partial charge on any atom is 0.160 e. The Balaban J connectivity index is 0.00000147. The number of halogens is 1. The van der Waals surface area contributed by atoms with E-state index >= 15 is 0 Å². The Morgan fingerprint density at radius 2 is 2.05 bits per heavy atom. The molecule has 2 N–H and O–H groups in total. The summed E-state index contributed by atoms with van der Waals surface area (Å²) in [5.41, 5.74) is 2.21.